The molecule has 0 bridgehead atoms. The maximum absolute atomic E-state index is 12.6. The van der Waals surface area contributed by atoms with E-state index in [1.54, 1.807) is 19.1 Å². The fourth-order valence-corrected chi connectivity index (χ4v) is 3.27. The van der Waals surface area contributed by atoms with Crippen molar-refractivity contribution < 1.29 is 27.4 Å². The fraction of sp³-hybridized carbons (Fsp3) is 0.278. The Morgan fingerprint density at radius 2 is 1.97 bits per heavy atom. The first-order chi connectivity index (χ1) is 13.6. The molecule has 2 aromatic rings. The molecule has 1 unspecified atom stereocenters. The van der Waals surface area contributed by atoms with Gasteiger partial charge in [-0.05, 0) is 40.8 Å². The van der Waals surface area contributed by atoms with Gasteiger partial charge in [-0.2, -0.15) is 13.2 Å². The molecule has 0 spiro atoms. The average molecular weight is 583 g/mol. The lowest BCUT2D eigenvalue weighted by molar-refractivity contribution is -0.137. The Hall–Kier alpha value is -1.10. The van der Waals surface area contributed by atoms with Crippen LogP contribution in [-0.4, -0.2) is 17.9 Å². The van der Waals surface area contributed by atoms with E-state index >= 15 is 0 Å². The number of halogens is 7. The highest BCUT2D eigenvalue weighted by Gasteiger charge is 2.30. The minimum absolute atomic E-state index is 0.000625. The normalized spacial score (nSPS) is 12.3. The number of hydrogen-bond acceptors (Lipinski definition) is 4. The number of rotatable bonds is 8. The second kappa shape index (κ2) is 10.8. The van der Waals surface area contributed by atoms with Gasteiger partial charge in [-0.25, -0.2) is 4.98 Å². The van der Waals surface area contributed by atoms with Crippen molar-refractivity contribution in [3.05, 3.63) is 55.2 Å². The number of pyridine rings is 1. The van der Waals surface area contributed by atoms with Crippen molar-refractivity contribution in [1.82, 2.24) is 4.98 Å². The van der Waals surface area contributed by atoms with E-state index in [2.05, 4.69) is 4.98 Å². The molecule has 1 aromatic carbocycles. The number of nitrogens with zero attached hydrogens (tertiary/aromatic N) is 1. The van der Waals surface area contributed by atoms with E-state index in [1.807, 2.05) is 22.6 Å². The van der Waals surface area contributed by atoms with Crippen LogP contribution in [0, 0.1) is 3.57 Å². The van der Waals surface area contributed by atoms with Crippen molar-refractivity contribution in [3.8, 4) is 17.4 Å². The van der Waals surface area contributed by atoms with Gasteiger partial charge >= 0.3 is 6.18 Å². The third-order valence-electron chi connectivity index (χ3n) is 3.36. The van der Waals surface area contributed by atoms with Crippen molar-refractivity contribution in [2.75, 3.05) is 6.61 Å². The topological polar surface area (TPSA) is 40.6 Å². The fourth-order valence-electron chi connectivity index (χ4n) is 2.01. The molecule has 11 heteroatoms. The second-order valence-electron chi connectivity index (χ2n) is 5.48. The van der Waals surface area contributed by atoms with Crippen molar-refractivity contribution >= 4 is 57.4 Å². The number of ether oxygens (including phenoxy) is 3. The molecule has 4 nitrogen and oxygen atoms in total. The van der Waals surface area contributed by atoms with Gasteiger partial charge in [0.1, 0.15) is 16.8 Å². The number of benzene rings is 1. The number of aromatic nitrogens is 1. The van der Waals surface area contributed by atoms with E-state index in [1.165, 1.54) is 6.08 Å². The van der Waals surface area contributed by atoms with Gasteiger partial charge in [0.15, 0.2) is 5.75 Å². The summed E-state index contributed by atoms with van der Waals surface area (Å²) in [6.45, 7) is 1.95. The molecule has 0 aliphatic carbocycles. The molecular formula is C18H14Cl3F3INO3. The monoisotopic (exact) mass is 581 g/mol. The Balaban J connectivity index is 2.09. The van der Waals surface area contributed by atoms with E-state index < -0.39 is 18.0 Å². The molecule has 29 heavy (non-hydrogen) atoms. The van der Waals surface area contributed by atoms with Crippen LogP contribution in [0.3, 0.4) is 0 Å². The lowest BCUT2D eigenvalue weighted by Crippen LogP contribution is -2.24. The van der Waals surface area contributed by atoms with Gasteiger partial charge < -0.3 is 14.2 Å². The van der Waals surface area contributed by atoms with Crippen LogP contribution in [0.5, 0.6) is 17.4 Å². The lowest BCUT2D eigenvalue weighted by atomic mass is 10.3. The summed E-state index contributed by atoms with van der Waals surface area (Å²) in [5.41, 5.74) is -0.864. The van der Waals surface area contributed by atoms with Gasteiger partial charge in [0.25, 0.3) is 0 Å². The van der Waals surface area contributed by atoms with Gasteiger partial charge in [-0.3, -0.25) is 0 Å². The van der Waals surface area contributed by atoms with E-state index in [-0.39, 0.29) is 22.0 Å². The van der Waals surface area contributed by atoms with Gasteiger partial charge in [0.05, 0.1) is 14.2 Å². The Bertz CT molecular complexity index is 837. The van der Waals surface area contributed by atoms with Crippen LogP contribution >= 0.6 is 57.4 Å². The average Bonchev–Trinajstić information content (AvgIpc) is 2.63. The molecule has 0 saturated carbocycles. The van der Waals surface area contributed by atoms with Crippen LogP contribution in [-0.2, 0) is 6.18 Å². The zero-order valence-corrected chi connectivity index (χ0v) is 19.2. The van der Waals surface area contributed by atoms with Crippen molar-refractivity contribution in [2.45, 2.75) is 25.8 Å². The van der Waals surface area contributed by atoms with Crippen LogP contribution in [0.15, 0.2) is 41.0 Å². The van der Waals surface area contributed by atoms with E-state index in [0.717, 1.165) is 12.1 Å². The molecule has 0 fully saturated rings. The first kappa shape index (κ1) is 24.2. The predicted molar refractivity (Wildman–Crippen MR) is 114 cm³/mol. The largest absolute Gasteiger partial charge is 0.489 e. The summed E-state index contributed by atoms with van der Waals surface area (Å²) < 4.78 is 55.4. The molecule has 1 heterocycles. The highest BCUT2D eigenvalue weighted by atomic mass is 127. The maximum atomic E-state index is 12.6. The van der Waals surface area contributed by atoms with E-state index in [9.17, 15) is 13.2 Å². The Kier molecular flexibility index (Phi) is 8.99. The summed E-state index contributed by atoms with van der Waals surface area (Å²) in [5, 5.41) is 0.273. The summed E-state index contributed by atoms with van der Waals surface area (Å²) in [7, 11) is 0. The molecule has 0 amide bonds. The standard InChI is InChI=1S/C18H14Cl3F3INO3/c1-2-16(28-15-4-3-10(9-26-15)18(22,23)24)29-17-12(19)7-11(8-13(17)25)27-6-5-14(20)21/h3-5,7-9,16H,2,6H2,1H3. The molecule has 1 aromatic heterocycles. The van der Waals surface area contributed by atoms with Crippen molar-refractivity contribution in [1.29, 1.82) is 0 Å². The summed E-state index contributed by atoms with van der Waals surface area (Å²) in [4.78, 5) is 3.68. The number of alkyl halides is 3. The van der Waals surface area contributed by atoms with Gasteiger partial charge in [-0.15, -0.1) is 0 Å². The SMILES string of the molecule is CCC(Oc1ccc(C(F)(F)F)cn1)Oc1c(Cl)cc(OCC=C(Cl)Cl)cc1I. The van der Waals surface area contributed by atoms with Crippen LogP contribution in [0.1, 0.15) is 18.9 Å². The summed E-state index contributed by atoms with van der Waals surface area (Å²) in [6.07, 6.45) is -2.70. The first-order valence-electron chi connectivity index (χ1n) is 8.09. The van der Waals surface area contributed by atoms with Crippen molar-refractivity contribution in [3.63, 3.8) is 0 Å². The van der Waals surface area contributed by atoms with E-state index in [0.29, 0.717) is 27.7 Å². The minimum Gasteiger partial charge on any atom is -0.489 e. The molecule has 1 atom stereocenters. The Morgan fingerprint density at radius 3 is 2.48 bits per heavy atom. The molecule has 0 N–H and O–H groups in total. The summed E-state index contributed by atoms with van der Waals surface area (Å²) in [6, 6.07) is 5.27. The third kappa shape index (κ3) is 7.58. The zero-order chi connectivity index (χ0) is 21.6. The minimum atomic E-state index is -4.47. The molecular weight excluding hydrogens is 568 g/mol. The highest BCUT2D eigenvalue weighted by Crippen LogP contribution is 2.36. The van der Waals surface area contributed by atoms with Gasteiger partial charge in [0, 0.05) is 24.8 Å². The molecule has 0 aliphatic rings. The second-order valence-corrected chi connectivity index (χ2v) is 8.05. The van der Waals surface area contributed by atoms with Crippen LogP contribution in [0.25, 0.3) is 0 Å². The Labute approximate surface area is 194 Å². The van der Waals surface area contributed by atoms with Crippen LogP contribution < -0.4 is 14.2 Å². The summed E-state index contributed by atoms with van der Waals surface area (Å²) in [5.74, 6) is 0.834. The smallest absolute Gasteiger partial charge is 0.417 e. The molecule has 0 saturated heterocycles. The van der Waals surface area contributed by atoms with Gasteiger partial charge in [0.2, 0.25) is 12.2 Å². The maximum Gasteiger partial charge on any atom is 0.417 e. The van der Waals surface area contributed by atoms with E-state index in [4.69, 9.17) is 49.0 Å². The molecule has 0 radical (unpaired) electrons. The lowest BCUT2D eigenvalue weighted by Gasteiger charge is -2.20. The van der Waals surface area contributed by atoms with Crippen LogP contribution in [0.2, 0.25) is 5.02 Å². The molecule has 2 rings (SSSR count). The predicted octanol–water partition coefficient (Wildman–Crippen LogP) is 7.25. The Morgan fingerprint density at radius 1 is 1.24 bits per heavy atom. The molecule has 158 valence electrons. The van der Waals surface area contributed by atoms with Crippen LogP contribution in [0.4, 0.5) is 13.2 Å². The first-order valence-corrected chi connectivity index (χ1v) is 10.3. The third-order valence-corrected chi connectivity index (χ3v) is 4.75. The summed E-state index contributed by atoms with van der Waals surface area (Å²) >= 11 is 19.3. The quantitative estimate of drug-likeness (QED) is 0.243. The zero-order valence-electron chi connectivity index (χ0n) is 14.8. The van der Waals surface area contributed by atoms with Gasteiger partial charge in [-0.1, -0.05) is 41.7 Å². The number of hydrogen-bond donors (Lipinski definition) is 0. The molecule has 0 aliphatic heterocycles. The van der Waals surface area contributed by atoms with Crippen molar-refractivity contribution in [2.24, 2.45) is 0 Å². The highest BCUT2D eigenvalue weighted by molar-refractivity contribution is 14.1.